The second-order valence-corrected chi connectivity index (χ2v) is 5.26. The zero-order valence-corrected chi connectivity index (χ0v) is 12.4. The Morgan fingerprint density at radius 2 is 2.15 bits per heavy atom. The molecule has 4 nitrogen and oxygen atoms in total. The second-order valence-electron chi connectivity index (χ2n) is 5.26. The first-order valence-corrected chi connectivity index (χ1v) is 7.44. The number of nitrogens with one attached hydrogen (secondary N) is 1. The van der Waals surface area contributed by atoms with Crippen LogP contribution < -0.4 is 10.1 Å². The van der Waals surface area contributed by atoms with Crippen molar-refractivity contribution in [1.29, 1.82) is 0 Å². The van der Waals surface area contributed by atoms with Gasteiger partial charge in [-0.2, -0.15) is 0 Å². The summed E-state index contributed by atoms with van der Waals surface area (Å²) in [4.78, 5) is 13.6. The molecule has 0 amide bonds. The fourth-order valence-electron chi connectivity index (χ4n) is 2.78. The third kappa shape index (κ3) is 4.05. The van der Waals surface area contributed by atoms with Crippen molar-refractivity contribution in [1.82, 2.24) is 10.2 Å². The first kappa shape index (κ1) is 15.0. The Kier molecular flexibility index (Phi) is 5.56. The molecule has 1 aromatic carbocycles. The smallest absolute Gasteiger partial charge is 0.308 e. The number of esters is 1. The van der Waals surface area contributed by atoms with Crippen LogP contribution in [0.15, 0.2) is 24.3 Å². The van der Waals surface area contributed by atoms with Crippen LogP contribution in [0.2, 0.25) is 0 Å². The van der Waals surface area contributed by atoms with Crippen molar-refractivity contribution in [3.8, 4) is 5.75 Å². The highest BCUT2D eigenvalue weighted by Crippen LogP contribution is 2.28. The predicted octanol–water partition coefficient (Wildman–Crippen LogP) is 2.36. The summed E-state index contributed by atoms with van der Waals surface area (Å²) < 4.78 is 5.20. The van der Waals surface area contributed by atoms with Crippen LogP contribution in [-0.2, 0) is 4.79 Å². The molecule has 0 spiro atoms. The van der Waals surface area contributed by atoms with Crippen molar-refractivity contribution in [2.45, 2.75) is 32.7 Å². The number of carbonyl (C=O) groups excluding carboxylic acids is 1. The summed E-state index contributed by atoms with van der Waals surface area (Å²) in [6, 6.07) is 8.36. The maximum Gasteiger partial charge on any atom is 0.308 e. The second kappa shape index (κ2) is 7.41. The molecule has 2 rings (SSSR count). The Balaban J connectivity index is 2.17. The molecule has 1 atom stereocenters. The Bertz CT molecular complexity index is 442. The highest BCUT2D eigenvalue weighted by atomic mass is 16.5. The minimum Gasteiger partial charge on any atom is -0.427 e. The van der Waals surface area contributed by atoms with E-state index in [0.29, 0.717) is 11.8 Å². The Morgan fingerprint density at radius 1 is 1.40 bits per heavy atom. The van der Waals surface area contributed by atoms with E-state index in [9.17, 15) is 4.79 Å². The molecule has 1 aliphatic rings. The maximum atomic E-state index is 11.1. The summed E-state index contributed by atoms with van der Waals surface area (Å²) in [6.45, 7) is 7.89. The summed E-state index contributed by atoms with van der Waals surface area (Å²) in [6.07, 6.45) is 2.27. The highest BCUT2D eigenvalue weighted by Gasteiger charge is 2.21. The van der Waals surface area contributed by atoms with Crippen LogP contribution in [0.5, 0.6) is 5.75 Å². The summed E-state index contributed by atoms with van der Waals surface area (Å²) >= 11 is 0. The molecule has 1 saturated heterocycles. The maximum absolute atomic E-state index is 11.1. The number of ether oxygens (including phenoxy) is 1. The Hall–Kier alpha value is -1.39. The predicted molar refractivity (Wildman–Crippen MR) is 79.8 cm³/mol. The van der Waals surface area contributed by atoms with E-state index in [2.05, 4.69) is 23.2 Å². The van der Waals surface area contributed by atoms with Gasteiger partial charge in [0.15, 0.2) is 0 Å². The molecule has 1 heterocycles. The van der Waals surface area contributed by atoms with E-state index >= 15 is 0 Å². The molecule has 0 saturated carbocycles. The van der Waals surface area contributed by atoms with Crippen LogP contribution in [-0.4, -0.2) is 37.0 Å². The van der Waals surface area contributed by atoms with Crippen molar-refractivity contribution in [2.75, 3.05) is 26.2 Å². The fourth-order valence-corrected chi connectivity index (χ4v) is 2.78. The van der Waals surface area contributed by atoms with Crippen molar-refractivity contribution >= 4 is 5.97 Å². The lowest BCUT2D eigenvalue weighted by molar-refractivity contribution is -0.131. The normalized spacial score (nSPS) is 17.7. The van der Waals surface area contributed by atoms with E-state index in [1.807, 2.05) is 18.2 Å². The summed E-state index contributed by atoms with van der Waals surface area (Å²) in [7, 11) is 0. The lowest BCUT2D eigenvalue weighted by atomic mass is 9.99. The molecule has 1 aromatic rings. The van der Waals surface area contributed by atoms with Gasteiger partial charge in [0.1, 0.15) is 5.75 Å². The largest absolute Gasteiger partial charge is 0.427 e. The standard InChI is InChI=1S/C16H24N2O2/c1-3-5-16(18-10-8-17-9-11-18)14-6-4-7-15(12-14)20-13(2)19/h4,6-7,12,16-17H,3,5,8-11H2,1-2H3/t16-/m0/s1. The fraction of sp³-hybridized carbons (Fsp3) is 0.562. The lowest BCUT2D eigenvalue weighted by Gasteiger charge is -2.35. The monoisotopic (exact) mass is 276 g/mol. The summed E-state index contributed by atoms with van der Waals surface area (Å²) in [5, 5.41) is 3.39. The average Bonchev–Trinajstić information content (AvgIpc) is 2.45. The van der Waals surface area contributed by atoms with Crippen LogP contribution in [0.1, 0.15) is 38.3 Å². The molecule has 0 bridgehead atoms. The van der Waals surface area contributed by atoms with Gasteiger partial charge in [-0.3, -0.25) is 9.69 Å². The molecule has 0 radical (unpaired) electrons. The number of hydrogen-bond donors (Lipinski definition) is 1. The molecule has 1 N–H and O–H groups in total. The van der Waals surface area contributed by atoms with Gasteiger partial charge in [-0.15, -0.1) is 0 Å². The van der Waals surface area contributed by atoms with Crippen molar-refractivity contribution < 1.29 is 9.53 Å². The lowest BCUT2D eigenvalue weighted by Crippen LogP contribution is -2.45. The van der Waals surface area contributed by atoms with Gasteiger partial charge in [-0.05, 0) is 24.1 Å². The molecule has 0 aliphatic carbocycles. The van der Waals surface area contributed by atoms with E-state index in [1.54, 1.807) is 0 Å². The Morgan fingerprint density at radius 3 is 2.80 bits per heavy atom. The van der Waals surface area contributed by atoms with Gasteiger partial charge in [0.2, 0.25) is 0 Å². The average molecular weight is 276 g/mol. The molecule has 1 fully saturated rings. The van der Waals surface area contributed by atoms with Crippen molar-refractivity contribution in [3.05, 3.63) is 29.8 Å². The third-order valence-electron chi connectivity index (χ3n) is 3.66. The van der Waals surface area contributed by atoms with Gasteiger partial charge in [-0.25, -0.2) is 0 Å². The molecule has 110 valence electrons. The van der Waals surface area contributed by atoms with Crippen LogP contribution in [0.4, 0.5) is 0 Å². The van der Waals surface area contributed by atoms with Gasteiger partial charge >= 0.3 is 5.97 Å². The van der Waals surface area contributed by atoms with Crippen LogP contribution in [0.3, 0.4) is 0 Å². The number of rotatable bonds is 5. The molecule has 0 aromatic heterocycles. The zero-order valence-electron chi connectivity index (χ0n) is 12.4. The minimum atomic E-state index is -0.267. The van der Waals surface area contributed by atoms with Gasteiger partial charge in [-0.1, -0.05) is 25.5 Å². The number of carbonyl (C=O) groups is 1. The van der Waals surface area contributed by atoms with Crippen LogP contribution in [0.25, 0.3) is 0 Å². The summed E-state index contributed by atoms with van der Waals surface area (Å²) in [5.41, 5.74) is 1.24. The topological polar surface area (TPSA) is 41.6 Å². The zero-order chi connectivity index (χ0) is 14.4. The van der Waals surface area contributed by atoms with E-state index < -0.39 is 0 Å². The molecule has 20 heavy (non-hydrogen) atoms. The SMILES string of the molecule is CCC[C@@H](c1cccc(OC(C)=O)c1)N1CCNCC1. The van der Waals surface area contributed by atoms with Gasteiger partial charge in [0, 0.05) is 39.1 Å². The number of hydrogen-bond acceptors (Lipinski definition) is 4. The van der Waals surface area contributed by atoms with E-state index in [0.717, 1.165) is 39.0 Å². The first-order valence-electron chi connectivity index (χ1n) is 7.44. The number of benzene rings is 1. The van der Waals surface area contributed by atoms with E-state index in [4.69, 9.17) is 4.74 Å². The van der Waals surface area contributed by atoms with Crippen molar-refractivity contribution in [3.63, 3.8) is 0 Å². The van der Waals surface area contributed by atoms with Gasteiger partial charge in [0.25, 0.3) is 0 Å². The minimum absolute atomic E-state index is 0.267. The molecule has 1 aliphatic heterocycles. The third-order valence-corrected chi connectivity index (χ3v) is 3.66. The molecule has 4 heteroatoms. The van der Waals surface area contributed by atoms with Crippen LogP contribution in [0, 0.1) is 0 Å². The van der Waals surface area contributed by atoms with E-state index in [-0.39, 0.29) is 5.97 Å². The van der Waals surface area contributed by atoms with Gasteiger partial charge < -0.3 is 10.1 Å². The molecular weight excluding hydrogens is 252 g/mol. The quantitative estimate of drug-likeness (QED) is 0.662. The van der Waals surface area contributed by atoms with Crippen molar-refractivity contribution in [2.24, 2.45) is 0 Å². The highest BCUT2D eigenvalue weighted by molar-refractivity contribution is 5.69. The molecule has 0 unspecified atom stereocenters. The van der Waals surface area contributed by atoms with Crippen LogP contribution >= 0.6 is 0 Å². The van der Waals surface area contributed by atoms with Gasteiger partial charge in [0.05, 0.1) is 0 Å². The first-order chi connectivity index (χ1) is 9.70. The van der Waals surface area contributed by atoms with E-state index in [1.165, 1.54) is 12.5 Å². The summed E-state index contributed by atoms with van der Waals surface area (Å²) in [5.74, 6) is 0.377. The number of piperazine rings is 1. The number of nitrogens with zero attached hydrogens (tertiary/aromatic N) is 1. The Labute approximate surface area is 121 Å². The molecular formula is C16H24N2O2.